The number of nitrogens with one attached hydrogen (secondary N) is 2. The van der Waals surface area contributed by atoms with Gasteiger partial charge in [-0.15, -0.1) is 0 Å². The number of hydrogen-bond acceptors (Lipinski definition) is 4. The van der Waals surface area contributed by atoms with Crippen molar-refractivity contribution in [1.29, 1.82) is 0 Å². The van der Waals surface area contributed by atoms with Gasteiger partial charge in [-0.3, -0.25) is 9.59 Å². The van der Waals surface area contributed by atoms with E-state index in [1.807, 2.05) is 0 Å². The molecule has 1 rings (SSSR count). The molecule has 0 aliphatic carbocycles. The van der Waals surface area contributed by atoms with Crippen molar-refractivity contribution in [3.63, 3.8) is 0 Å². The Labute approximate surface area is 122 Å². The molecule has 0 atom stereocenters. The number of para-hydroxylation sites is 1. The molecule has 114 valence electrons. The zero-order valence-corrected chi connectivity index (χ0v) is 12.1. The summed E-state index contributed by atoms with van der Waals surface area (Å²) >= 11 is 0. The van der Waals surface area contributed by atoms with Crippen molar-refractivity contribution in [3.8, 4) is 5.75 Å². The van der Waals surface area contributed by atoms with Crippen LogP contribution in [0, 0.1) is 5.41 Å². The average molecular weight is 294 g/mol. The van der Waals surface area contributed by atoms with Crippen LogP contribution in [0.15, 0.2) is 18.2 Å². The van der Waals surface area contributed by atoms with Crippen LogP contribution in [0.4, 0.5) is 5.69 Å². The summed E-state index contributed by atoms with van der Waals surface area (Å²) in [7, 11) is 0. The van der Waals surface area contributed by atoms with E-state index < -0.39 is 23.0 Å². The van der Waals surface area contributed by atoms with E-state index in [4.69, 9.17) is 5.11 Å². The van der Waals surface area contributed by atoms with Gasteiger partial charge in [-0.2, -0.15) is 0 Å². The molecule has 0 saturated heterocycles. The standard InChI is InChI=1S/C14H18N2O5/c1-14(2,3)13(21)15-7-10(17)16-9-6-4-5-8(11(9)18)12(19)20/h4-6,18H,7H2,1-3H3,(H,15,21)(H,16,17)(H,19,20). The Morgan fingerprint density at radius 3 is 2.33 bits per heavy atom. The van der Waals surface area contributed by atoms with Crippen LogP contribution in [0.3, 0.4) is 0 Å². The molecule has 0 radical (unpaired) electrons. The van der Waals surface area contributed by atoms with Gasteiger partial charge >= 0.3 is 5.97 Å². The zero-order chi connectivity index (χ0) is 16.2. The van der Waals surface area contributed by atoms with Crippen LogP contribution in [-0.2, 0) is 9.59 Å². The molecule has 0 spiro atoms. The lowest BCUT2D eigenvalue weighted by molar-refractivity contribution is -0.130. The Morgan fingerprint density at radius 1 is 1.19 bits per heavy atom. The monoisotopic (exact) mass is 294 g/mol. The second-order valence-electron chi connectivity index (χ2n) is 5.49. The molecular weight excluding hydrogens is 276 g/mol. The lowest BCUT2D eigenvalue weighted by atomic mass is 9.96. The molecule has 2 amide bonds. The number of rotatable bonds is 4. The maximum absolute atomic E-state index is 11.7. The molecule has 7 nitrogen and oxygen atoms in total. The number of carboxylic acid groups (broad SMARTS) is 1. The lowest BCUT2D eigenvalue weighted by Crippen LogP contribution is -2.39. The highest BCUT2D eigenvalue weighted by Gasteiger charge is 2.21. The second-order valence-corrected chi connectivity index (χ2v) is 5.49. The molecule has 21 heavy (non-hydrogen) atoms. The molecule has 0 aliphatic rings. The molecule has 1 aromatic rings. The van der Waals surface area contributed by atoms with Crippen molar-refractivity contribution in [2.75, 3.05) is 11.9 Å². The van der Waals surface area contributed by atoms with Gasteiger partial charge in [0.2, 0.25) is 11.8 Å². The van der Waals surface area contributed by atoms with Crippen molar-refractivity contribution < 1.29 is 24.6 Å². The summed E-state index contributed by atoms with van der Waals surface area (Å²) in [6.45, 7) is 4.86. The van der Waals surface area contributed by atoms with E-state index in [1.54, 1.807) is 20.8 Å². The minimum atomic E-state index is -1.30. The molecular formula is C14H18N2O5. The SMILES string of the molecule is CC(C)(C)C(=O)NCC(=O)Nc1cccc(C(=O)O)c1O. The Hall–Kier alpha value is -2.57. The summed E-state index contributed by atoms with van der Waals surface area (Å²) < 4.78 is 0. The van der Waals surface area contributed by atoms with Gasteiger partial charge in [-0.05, 0) is 12.1 Å². The van der Waals surface area contributed by atoms with Crippen molar-refractivity contribution >= 4 is 23.5 Å². The summed E-state index contributed by atoms with van der Waals surface area (Å²) in [5.74, 6) is -2.68. The Kier molecular flexibility index (Phi) is 4.91. The van der Waals surface area contributed by atoms with Crippen molar-refractivity contribution in [3.05, 3.63) is 23.8 Å². The van der Waals surface area contributed by atoms with Gasteiger partial charge in [0.25, 0.3) is 0 Å². The first-order valence-corrected chi connectivity index (χ1v) is 6.26. The fourth-order valence-electron chi connectivity index (χ4n) is 1.44. The molecule has 0 fully saturated rings. The first kappa shape index (κ1) is 16.5. The van der Waals surface area contributed by atoms with Crippen molar-refractivity contribution in [2.45, 2.75) is 20.8 Å². The third kappa shape index (κ3) is 4.48. The smallest absolute Gasteiger partial charge is 0.339 e. The predicted molar refractivity (Wildman–Crippen MR) is 76.2 cm³/mol. The number of carbonyl (C=O) groups is 3. The molecule has 7 heteroatoms. The highest BCUT2D eigenvalue weighted by molar-refractivity contribution is 5.99. The van der Waals surface area contributed by atoms with Gasteiger partial charge in [-0.1, -0.05) is 26.8 Å². The van der Waals surface area contributed by atoms with Gasteiger partial charge in [-0.25, -0.2) is 4.79 Å². The number of amides is 2. The minimum absolute atomic E-state index is 0.0232. The number of aromatic hydroxyl groups is 1. The quantitative estimate of drug-likeness (QED) is 0.622. The van der Waals surface area contributed by atoms with Crippen molar-refractivity contribution in [2.24, 2.45) is 5.41 Å². The van der Waals surface area contributed by atoms with Gasteiger partial charge in [0.05, 0.1) is 12.2 Å². The summed E-state index contributed by atoms with van der Waals surface area (Å²) in [4.78, 5) is 34.2. The molecule has 0 unspecified atom stereocenters. The summed E-state index contributed by atoms with van der Waals surface area (Å²) in [6, 6.07) is 3.98. The minimum Gasteiger partial charge on any atom is -0.505 e. The molecule has 0 bridgehead atoms. The van der Waals surface area contributed by atoms with Crippen LogP contribution in [-0.4, -0.2) is 34.5 Å². The van der Waals surface area contributed by atoms with Crippen LogP contribution in [0.25, 0.3) is 0 Å². The highest BCUT2D eigenvalue weighted by atomic mass is 16.4. The predicted octanol–water partition coefficient (Wildman–Crippen LogP) is 1.19. The maximum Gasteiger partial charge on any atom is 0.339 e. The van der Waals surface area contributed by atoms with Crippen molar-refractivity contribution in [1.82, 2.24) is 5.32 Å². The summed E-state index contributed by atoms with van der Waals surface area (Å²) in [6.07, 6.45) is 0. The first-order chi connectivity index (χ1) is 9.62. The molecule has 0 aromatic heterocycles. The summed E-state index contributed by atoms with van der Waals surface area (Å²) in [5, 5.41) is 23.4. The Bertz CT molecular complexity index is 575. The Morgan fingerprint density at radius 2 is 1.81 bits per heavy atom. The first-order valence-electron chi connectivity index (χ1n) is 6.26. The average Bonchev–Trinajstić information content (AvgIpc) is 2.36. The van der Waals surface area contributed by atoms with E-state index in [0.29, 0.717) is 0 Å². The highest BCUT2D eigenvalue weighted by Crippen LogP contribution is 2.27. The lowest BCUT2D eigenvalue weighted by Gasteiger charge is -2.17. The second kappa shape index (κ2) is 6.25. The molecule has 1 aromatic carbocycles. The van der Waals surface area contributed by atoms with E-state index >= 15 is 0 Å². The number of phenols is 1. The van der Waals surface area contributed by atoms with E-state index in [0.717, 1.165) is 0 Å². The number of carboxylic acids is 1. The van der Waals surface area contributed by atoms with Crippen LogP contribution in [0.2, 0.25) is 0 Å². The Balaban J connectivity index is 2.70. The largest absolute Gasteiger partial charge is 0.505 e. The zero-order valence-electron chi connectivity index (χ0n) is 12.1. The molecule has 0 aliphatic heterocycles. The third-order valence-electron chi connectivity index (χ3n) is 2.63. The van der Waals surface area contributed by atoms with Crippen LogP contribution in [0.1, 0.15) is 31.1 Å². The normalized spacial score (nSPS) is 10.8. The number of aromatic carboxylic acids is 1. The molecule has 4 N–H and O–H groups in total. The fourth-order valence-corrected chi connectivity index (χ4v) is 1.44. The van der Waals surface area contributed by atoms with Crippen LogP contribution in [0.5, 0.6) is 5.75 Å². The summed E-state index contributed by atoms with van der Waals surface area (Å²) in [5.41, 5.74) is -0.956. The van der Waals surface area contributed by atoms with Gasteiger partial charge in [0, 0.05) is 5.41 Å². The van der Waals surface area contributed by atoms with Crippen LogP contribution < -0.4 is 10.6 Å². The number of benzene rings is 1. The number of hydrogen-bond donors (Lipinski definition) is 4. The third-order valence-corrected chi connectivity index (χ3v) is 2.63. The van der Waals surface area contributed by atoms with E-state index in [2.05, 4.69) is 10.6 Å². The van der Waals surface area contributed by atoms with Crippen LogP contribution >= 0.6 is 0 Å². The number of carbonyl (C=O) groups excluding carboxylic acids is 2. The van der Waals surface area contributed by atoms with E-state index in [-0.39, 0.29) is 23.7 Å². The molecule has 0 saturated carbocycles. The van der Waals surface area contributed by atoms with Gasteiger partial charge < -0.3 is 20.8 Å². The maximum atomic E-state index is 11.7. The molecule has 0 heterocycles. The van der Waals surface area contributed by atoms with Gasteiger partial charge in [0.1, 0.15) is 5.56 Å². The van der Waals surface area contributed by atoms with E-state index in [9.17, 15) is 19.5 Å². The fraction of sp³-hybridized carbons (Fsp3) is 0.357. The number of anilines is 1. The van der Waals surface area contributed by atoms with E-state index in [1.165, 1.54) is 18.2 Å². The van der Waals surface area contributed by atoms with Gasteiger partial charge in [0.15, 0.2) is 5.75 Å². The topological polar surface area (TPSA) is 116 Å².